The molecule has 0 rings (SSSR count). The van der Waals surface area contributed by atoms with Gasteiger partial charge in [0.15, 0.2) is 0 Å². The van der Waals surface area contributed by atoms with Gasteiger partial charge in [-0.05, 0) is 20.9 Å². The van der Waals surface area contributed by atoms with Crippen molar-refractivity contribution < 1.29 is 9.94 Å². The molecule has 15 heavy (non-hydrogen) atoms. The normalized spacial score (nSPS) is 14.9. The van der Waals surface area contributed by atoms with E-state index >= 15 is 0 Å². The van der Waals surface area contributed by atoms with Gasteiger partial charge in [-0.2, -0.15) is 0 Å². The third kappa shape index (κ3) is 7.16. The number of hydrogen-bond donors (Lipinski definition) is 2. The van der Waals surface area contributed by atoms with Crippen LogP contribution in [0.2, 0.25) is 0 Å². The van der Waals surface area contributed by atoms with Crippen molar-refractivity contribution >= 4 is 5.84 Å². The van der Waals surface area contributed by atoms with Crippen LogP contribution in [0, 0.1) is 5.92 Å². The van der Waals surface area contributed by atoms with Gasteiger partial charge in [0.2, 0.25) is 0 Å². The van der Waals surface area contributed by atoms with Crippen LogP contribution in [0.1, 0.15) is 20.8 Å². The maximum Gasteiger partial charge on any atom is 0.143 e. The predicted octanol–water partition coefficient (Wildman–Crippen LogP) is 0.726. The van der Waals surface area contributed by atoms with Gasteiger partial charge in [-0.15, -0.1) is 0 Å². The van der Waals surface area contributed by atoms with Crippen LogP contribution in [0.5, 0.6) is 0 Å². The van der Waals surface area contributed by atoms with Gasteiger partial charge in [0.05, 0.1) is 12.7 Å². The largest absolute Gasteiger partial charge is 0.409 e. The van der Waals surface area contributed by atoms with E-state index in [2.05, 4.69) is 10.1 Å². The summed E-state index contributed by atoms with van der Waals surface area (Å²) in [7, 11) is 1.99. The molecule has 0 bridgehead atoms. The molecule has 5 nitrogen and oxygen atoms in total. The average Bonchev–Trinajstić information content (AvgIpc) is 2.15. The van der Waals surface area contributed by atoms with Crippen LogP contribution in [-0.4, -0.2) is 48.8 Å². The molecule has 0 aromatic carbocycles. The molecule has 0 aliphatic carbocycles. The molecule has 0 radical (unpaired) electrons. The predicted molar refractivity (Wildman–Crippen MR) is 61.2 cm³/mol. The zero-order chi connectivity index (χ0) is 11.8. The molecule has 5 heteroatoms. The standard InChI is InChI=1S/C10H23N3O2/c1-8(2)15-6-5-13(4)7-9(3)10(11)12-14/h8-9,14H,5-7H2,1-4H3,(H2,11,12). The lowest BCUT2D eigenvalue weighted by molar-refractivity contribution is 0.0629. The van der Waals surface area contributed by atoms with Gasteiger partial charge in [0.1, 0.15) is 5.84 Å². The highest BCUT2D eigenvalue weighted by Gasteiger charge is 2.10. The van der Waals surface area contributed by atoms with Gasteiger partial charge in [0.25, 0.3) is 0 Å². The van der Waals surface area contributed by atoms with Gasteiger partial charge in [-0.25, -0.2) is 0 Å². The smallest absolute Gasteiger partial charge is 0.143 e. The lowest BCUT2D eigenvalue weighted by Crippen LogP contribution is -2.34. The number of nitrogens with zero attached hydrogens (tertiary/aromatic N) is 2. The molecule has 90 valence electrons. The third-order valence-corrected chi connectivity index (χ3v) is 2.13. The maximum absolute atomic E-state index is 8.49. The minimum Gasteiger partial charge on any atom is -0.409 e. The molecule has 0 amide bonds. The van der Waals surface area contributed by atoms with Crippen LogP contribution in [0.15, 0.2) is 5.16 Å². The number of hydrogen-bond acceptors (Lipinski definition) is 4. The summed E-state index contributed by atoms with van der Waals surface area (Å²) in [6.45, 7) is 8.27. The van der Waals surface area contributed by atoms with E-state index in [1.807, 2.05) is 27.8 Å². The van der Waals surface area contributed by atoms with Crippen LogP contribution >= 0.6 is 0 Å². The van der Waals surface area contributed by atoms with Crippen molar-refractivity contribution in [3.8, 4) is 0 Å². The number of oxime groups is 1. The second kappa shape index (κ2) is 7.48. The van der Waals surface area contributed by atoms with Crippen molar-refractivity contribution in [3.63, 3.8) is 0 Å². The lowest BCUT2D eigenvalue weighted by Gasteiger charge is -2.20. The molecule has 0 spiro atoms. The zero-order valence-corrected chi connectivity index (χ0v) is 10.1. The quantitative estimate of drug-likeness (QED) is 0.285. The Hall–Kier alpha value is -0.810. The first-order valence-corrected chi connectivity index (χ1v) is 5.25. The number of rotatable bonds is 7. The summed E-state index contributed by atoms with van der Waals surface area (Å²) in [4.78, 5) is 2.10. The van der Waals surface area contributed by atoms with E-state index in [1.54, 1.807) is 0 Å². The van der Waals surface area contributed by atoms with Crippen molar-refractivity contribution in [1.29, 1.82) is 0 Å². The SMILES string of the molecule is CC(C)OCCN(C)CC(C)C(N)=NO. The first-order chi connectivity index (χ1) is 6.97. The van der Waals surface area contributed by atoms with Gasteiger partial charge < -0.3 is 20.6 Å². The van der Waals surface area contributed by atoms with E-state index in [0.29, 0.717) is 6.61 Å². The molecular formula is C10H23N3O2. The minimum absolute atomic E-state index is 0.0547. The number of ether oxygens (including phenoxy) is 1. The maximum atomic E-state index is 8.49. The molecule has 0 saturated heterocycles. The van der Waals surface area contributed by atoms with Gasteiger partial charge in [-0.3, -0.25) is 0 Å². The average molecular weight is 217 g/mol. The Bertz CT molecular complexity index is 195. The number of amidine groups is 1. The summed E-state index contributed by atoms with van der Waals surface area (Å²) in [5.41, 5.74) is 5.48. The highest BCUT2D eigenvalue weighted by Crippen LogP contribution is 1.98. The van der Waals surface area contributed by atoms with Gasteiger partial charge >= 0.3 is 0 Å². The molecule has 1 unspecified atom stereocenters. The van der Waals surface area contributed by atoms with E-state index in [0.717, 1.165) is 13.1 Å². The lowest BCUT2D eigenvalue weighted by atomic mass is 10.1. The topological polar surface area (TPSA) is 71.1 Å². The number of nitrogens with two attached hydrogens (primary N) is 1. The zero-order valence-electron chi connectivity index (χ0n) is 10.1. The summed E-state index contributed by atoms with van der Waals surface area (Å²) in [6.07, 6.45) is 0.264. The fourth-order valence-corrected chi connectivity index (χ4v) is 1.20. The van der Waals surface area contributed by atoms with Crippen LogP contribution in [-0.2, 0) is 4.74 Å². The van der Waals surface area contributed by atoms with Gasteiger partial charge in [-0.1, -0.05) is 12.1 Å². The first kappa shape index (κ1) is 14.2. The molecule has 0 fully saturated rings. The highest BCUT2D eigenvalue weighted by molar-refractivity contribution is 5.82. The Morgan fingerprint density at radius 1 is 1.47 bits per heavy atom. The highest BCUT2D eigenvalue weighted by atomic mass is 16.5. The minimum atomic E-state index is 0.0547. The summed E-state index contributed by atoms with van der Waals surface area (Å²) in [5, 5.41) is 11.5. The Morgan fingerprint density at radius 2 is 2.07 bits per heavy atom. The fraction of sp³-hybridized carbons (Fsp3) is 0.900. The summed E-state index contributed by atoms with van der Waals surface area (Å²) in [6, 6.07) is 0. The van der Waals surface area contributed by atoms with Crippen molar-refractivity contribution in [2.45, 2.75) is 26.9 Å². The molecule has 0 heterocycles. The Morgan fingerprint density at radius 3 is 2.53 bits per heavy atom. The molecule has 0 aliphatic rings. The van der Waals surface area contributed by atoms with Crippen molar-refractivity contribution in [2.75, 3.05) is 26.7 Å². The van der Waals surface area contributed by atoms with E-state index in [-0.39, 0.29) is 17.9 Å². The summed E-state index contributed by atoms with van der Waals surface area (Å²) < 4.78 is 5.43. The summed E-state index contributed by atoms with van der Waals surface area (Å²) in [5.74, 6) is 0.325. The van der Waals surface area contributed by atoms with Crippen LogP contribution in [0.4, 0.5) is 0 Å². The van der Waals surface area contributed by atoms with Crippen molar-refractivity contribution in [2.24, 2.45) is 16.8 Å². The van der Waals surface area contributed by atoms with Crippen LogP contribution in [0.3, 0.4) is 0 Å². The van der Waals surface area contributed by atoms with Gasteiger partial charge in [0, 0.05) is 19.0 Å². The van der Waals surface area contributed by atoms with E-state index in [1.165, 1.54) is 0 Å². The van der Waals surface area contributed by atoms with E-state index in [4.69, 9.17) is 15.7 Å². The van der Waals surface area contributed by atoms with E-state index < -0.39 is 0 Å². The monoisotopic (exact) mass is 217 g/mol. The Balaban J connectivity index is 3.69. The van der Waals surface area contributed by atoms with E-state index in [9.17, 15) is 0 Å². The summed E-state index contributed by atoms with van der Waals surface area (Å²) >= 11 is 0. The first-order valence-electron chi connectivity index (χ1n) is 5.25. The number of likely N-dealkylation sites (N-methyl/N-ethyl adjacent to an activating group) is 1. The molecule has 0 aromatic heterocycles. The molecule has 0 aromatic rings. The Kier molecular flexibility index (Phi) is 7.07. The molecule has 0 aliphatic heterocycles. The molecular weight excluding hydrogens is 194 g/mol. The molecule has 1 atom stereocenters. The molecule has 3 N–H and O–H groups in total. The second-order valence-corrected chi connectivity index (χ2v) is 4.11. The van der Waals surface area contributed by atoms with Crippen LogP contribution < -0.4 is 5.73 Å². The third-order valence-electron chi connectivity index (χ3n) is 2.13. The fourth-order valence-electron chi connectivity index (χ4n) is 1.20. The Labute approximate surface area is 91.9 Å². The second-order valence-electron chi connectivity index (χ2n) is 4.11. The van der Waals surface area contributed by atoms with Crippen molar-refractivity contribution in [1.82, 2.24) is 4.90 Å². The van der Waals surface area contributed by atoms with Crippen molar-refractivity contribution in [3.05, 3.63) is 0 Å². The van der Waals surface area contributed by atoms with Crippen LogP contribution in [0.25, 0.3) is 0 Å². The molecule has 0 saturated carbocycles.